The van der Waals surface area contributed by atoms with Gasteiger partial charge in [-0.15, -0.1) is 0 Å². The van der Waals surface area contributed by atoms with Crippen LogP contribution in [0, 0.1) is 0 Å². The molecule has 4 nitrogen and oxygen atoms in total. The third kappa shape index (κ3) is 2.76. The van der Waals surface area contributed by atoms with Crippen LogP contribution in [0.25, 0.3) is 0 Å². The lowest BCUT2D eigenvalue weighted by Crippen LogP contribution is -2.34. The number of likely N-dealkylation sites (N-methyl/N-ethyl adjacent to an activating group) is 1. The van der Waals surface area contributed by atoms with Crippen LogP contribution in [0.3, 0.4) is 0 Å². The summed E-state index contributed by atoms with van der Waals surface area (Å²) in [5.74, 6) is -0.159. The molecule has 0 aliphatic carbocycles. The zero-order chi connectivity index (χ0) is 13.1. The molecule has 1 fully saturated rings. The number of nitrogens with zero attached hydrogens (tertiary/aromatic N) is 1. The smallest absolute Gasteiger partial charge is 0.257 e. The van der Waals surface area contributed by atoms with Gasteiger partial charge in [0.1, 0.15) is 0 Å². The number of ether oxygens (including phenoxy) is 1. The van der Waals surface area contributed by atoms with Crippen molar-refractivity contribution in [2.24, 2.45) is 0 Å². The van der Waals surface area contributed by atoms with E-state index in [1.165, 1.54) is 0 Å². The van der Waals surface area contributed by atoms with Gasteiger partial charge in [0.15, 0.2) is 0 Å². The van der Waals surface area contributed by atoms with E-state index in [2.05, 4.69) is 0 Å². The Kier molecular flexibility index (Phi) is 4.09. The number of nitrogen functional groups attached to an aromatic ring is 1. The normalized spacial score (nSPS) is 18.9. The Labute approximate surface area is 112 Å². The number of amides is 1. The topological polar surface area (TPSA) is 55.6 Å². The number of rotatable bonds is 3. The molecule has 1 heterocycles. The van der Waals surface area contributed by atoms with Gasteiger partial charge in [-0.3, -0.25) is 4.79 Å². The second-order valence-electron chi connectivity index (χ2n) is 4.52. The third-order valence-electron chi connectivity index (χ3n) is 3.11. The van der Waals surface area contributed by atoms with Gasteiger partial charge in [0, 0.05) is 25.9 Å². The molecule has 1 amide bonds. The van der Waals surface area contributed by atoms with Crippen LogP contribution in [0.2, 0.25) is 5.02 Å². The van der Waals surface area contributed by atoms with Crippen LogP contribution in [-0.4, -0.2) is 37.1 Å². The lowest BCUT2D eigenvalue weighted by molar-refractivity contribution is 0.0588. The first kappa shape index (κ1) is 13.2. The van der Waals surface area contributed by atoms with Gasteiger partial charge in [0.25, 0.3) is 5.91 Å². The summed E-state index contributed by atoms with van der Waals surface area (Å²) < 4.78 is 5.51. The average molecular weight is 269 g/mol. The van der Waals surface area contributed by atoms with Crippen molar-refractivity contribution in [2.75, 3.05) is 25.9 Å². The second-order valence-corrected chi connectivity index (χ2v) is 4.93. The molecular weight excluding hydrogens is 252 g/mol. The summed E-state index contributed by atoms with van der Waals surface area (Å²) in [6.45, 7) is 1.35. The molecular formula is C13H17ClN2O2. The zero-order valence-electron chi connectivity index (χ0n) is 10.4. The van der Waals surface area contributed by atoms with E-state index in [0.717, 1.165) is 19.4 Å². The van der Waals surface area contributed by atoms with Gasteiger partial charge >= 0.3 is 0 Å². The van der Waals surface area contributed by atoms with Crippen LogP contribution in [-0.2, 0) is 4.74 Å². The molecule has 18 heavy (non-hydrogen) atoms. The largest absolute Gasteiger partial charge is 0.398 e. The standard InChI is InChI=1S/C13H17ClN2O2/c1-16(8-9-4-3-7-18-9)13(17)12-10(14)5-2-6-11(12)15/h2,5-6,9H,3-4,7-8,15H2,1H3. The Morgan fingerprint density at radius 1 is 1.61 bits per heavy atom. The van der Waals surface area contributed by atoms with Crippen molar-refractivity contribution >= 4 is 23.2 Å². The first-order valence-corrected chi connectivity index (χ1v) is 6.38. The van der Waals surface area contributed by atoms with Gasteiger partial charge in [-0.2, -0.15) is 0 Å². The maximum absolute atomic E-state index is 12.3. The number of hydrogen-bond donors (Lipinski definition) is 1. The number of anilines is 1. The maximum atomic E-state index is 12.3. The minimum atomic E-state index is -0.159. The Hall–Kier alpha value is -1.26. The van der Waals surface area contributed by atoms with Crippen LogP contribution < -0.4 is 5.73 Å². The molecule has 1 aliphatic rings. The number of halogens is 1. The number of carbonyl (C=O) groups excluding carboxylic acids is 1. The minimum Gasteiger partial charge on any atom is -0.398 e. The van der Waals surface area contributed by atoms with Crippen molar-refractivity contribution in [2.45, 2.75) is 18.9 Å². The quantitative estimate of drug-likeness (QED) is 0.855. The number of benzene rings is 1. The molecule has 1 aromatic rings. The van der Waals surface area contributed by atoms with Gasteiger partial charge in [-0.05, 0) is 25.0 Å². The van der Waals surface area contributed by atoms with Crippen LogP contribution >= 0.6 is 11.6 Å². The fourth-order valence-electron chi connectivity index (χ4n) is 2.13. The Morgan fingerprint density at radius 3 is 3.00 bits per heavy atom. The molecule has 1 aromatic carbocycles. The van der Waals surface area contributed by atoms with Crippen molar-refractivity contribution in [3.05, 3.63) is 28.8 Å². The van der Waals surface area contributed by atoms with Gasteiger partial charge in [-0.25, -0.2) is 0 Å². The molecule has 1 unspecified atom stereocenters. The fraction of sp³-hybridized carbons (Fsp3) is 0.462. The molecule has 98 valence electrons. The van der Waals surface area contributed by atoms with Gasteiger partial charge < -0.3 is 15.4 Å². The molecule has 0 bridgehead atoms. The molecule has 0 aromatic heterocycles. The predicted octanol–water partition coefficient (Wildman–Crippen LogP) is 2.17. The summed E-state index contributed by atoms with van der Waals surface area (Å²) in [4.78, 5) is 13.9. The van der Waals surface area contributed by atoms with E-state index in [4.69, 9.17) is 22.1 Å². The van der Waals surface area contributed by atoms with Crippen molar-refractivity contribution in [3.63, 3.8) is 0 Å². The third-order valence-corrected chi connectivity index (χ3v) is 3.42. The summed E-state index contributed by atoms with van der Waals surface area (Å²) in [5.41, 5.74) is 6.59. The SMILES string of the molecule is CN(CC1CCCO1)C(=O)c1c(N)cccc1Cl. The summed E-state index contributed by atoms with van der Waals surface area (Å²) in [5, 5.41) is 0.388. The van der Waals surface area contributed by atoms with E-state index < -0.39 is 0 Å². The highest BCUT2D eigenvalue weighted by Crippen LogP contribution is 2.24. The predicted molar refractivity (Wildman–Crippen MR) is 71.8 cm³/mol. The lowest BCUT2D eigenvalue weighted by atomic mass is 10.1. The van der Waals surface area contributed by atoms with Crippen LogP contribution in [0.4, 0.5) is 5.69 Å². The van der Waals surface area contributed by atoms with Crippen LogP contribution in [0.1, 0.15) is 23.2 Å². The molecule has 5 heteroatoms. The van der Waals surface area contributed by atoms with E-state index in [1.54, 1.807) is 30.1 Å². The first-order valence-electron chi connectivity index (χ1n) is 6.00. The summed E-state index contributed by atoms with van der Waals surface area (Å²) >= 11 is 6.03. The van der Waals surface area contributed by atoms with Gasteiger partial charge in [-0.1, -0.05) is 17.7 Å². The molecule has 1 atom stereocenters. The average Bonchev–Trinajstić information content (AvgIpc) is 2.81. The van der Waals surface area contributed by atoms with E-state index in [-0.39, 0.29) is 12.0 Å². The molecule has 2 N–H and O–H groups in total. The molecule has 0 spiro atoms. The van der Waals surface area contributed by atoms with Crippen molar-refractivity contribution in [1.82, 2.24) is 4.90 Å². The highest BCUT2D eigenvalue weighted by Gasteiger charge is 2.23. The summed E-state index contributed by atoms with van der Waals surface area (Å²) in [6, 6.07) is 5.08. The Bertz CT molecular complexity index is 424. The Balaban J connectivity index is 2.10. The fourth-order valence-corrected chi connectivity index (χ4v) is 2.40. The first-order chi connectivity index (χ1) is 8.59. The molecule has 1 saturated heterocycles. The number of nitrogens with two attached hydrogens (primary N) is 1. The van der Waals surface area contributed by atoms with Gasteiger partial charge in [0.05, 0.1) is 16.7 Å². The van der Waals surface area contributed by atoms with E-state index in [1.807, 2.05) is 0 Å². The van der Waals surface area contributed by atoms with E-state index >= 15 is 0 Å². The van der Waals surface area contributed by atoms with Crippen molar-refractivity contribution < 1.29 is 9.53 Å². The second kappa shape index (κ2) is 5.59. The molecule has 0 radical (unpaired) electrons. The minimum absolute atomic E-state index is 0.127. The van der Waals surface area contributed by atoms with Gasteiger partial charge in [0.2, 0.25) is 0 Å². The van der Waals surface area contributed by atoms with Crippen LogP contribution in [0.5, 0.6) is 0 Å². The highest BCUT2D eigenvalue weighted by atomic mass is 35.5. The van der Waals surface area contributed by atoms with Crippen molar-refractivity contribution in [1.29, 1.82) is 0 Å². The number of hydrogen-bond acceptors (Lipinski definition) is 3. The molecule has 0 saturated carbocycles. The number of carbonyl (C=O) groups is 1. The Morgan fingerprint density at radius 2 is 2.39 bits per heavy atom. The molecule has 2 rings (SSSR count). The molecule has 1 aliphatic heterocycles. The van der Waals surface area contributed by atoms with E-state index in [0.29, 0.717) is 22.8 Å². The maximum Gasteiger partial charge on any atom is 0.257 e. The highest BCUT2D eigenvalue weighted by molar-refractivity contribution is 6.34. The van der Waals surface area contributed by atoms with Crippen molar-refractivity contribution in [3.8, 4) is 0 Å². The van der Waals surface area contributed by atoms with E-state index in [9.17, 15) is 4.79 Å². The lowest BCUT2D eigenvalue weighted by Gasteiger charge is -2.22. The summed E-state index contributed by atoms with van der Waals surface area (Å²) in [6.07, 6.45) is 2.18. The van der Waals surface area contributed by atoms with Crippen LogP contribution in [0.15, 0.2) is 18.2 Å². The summed E-state index contributed by atoms with van der Waals surface area (Å²) in [7, 11) is 1.74. The monoisotopic (exact) mass is 268 g/mol. The zero-order valence-corrected chi connectivity index (χ0v) is 11.1.